The van der Waals surface area contributed by atoms with Crippen LogP contribution in [0.15, 0.2) is 36.9 Å². The van der Waals surface area contributed by atoms with Crippen molar-refractivity contribution in [2.75, 3.05) is 25.4 Å². The van der Waals surface area contributed by atoms with Crippen LogP contribution >= 0.6 is 0 Å². The molecule has 1 aliphatic heterocycles. The van der Waals surface area contributed by atoms with Crippen LogP contribution < -0.4 is 5.73 Å². The minimum absolute atomic E-state index is 0.441. The van der Waals surface area contributed by atoms with Crippen molar-refractivity contribution in [2.45, 2.75) is 11.8 Å². The Hall–Kier alpha value is -1.28. The molecule has 1 aromatic rings. The molecule has 0 aromatic heterocycles. The van der Waals surface area contributed by atoms with Gasteiger partial charge in [0, 0.05) is 30.7 Å². The molecule has 16 heavy (non-hydrogen) atoms. The smallest absolute Gasteiger partial charge is 0.0314 e. The molecule has 0 spiro atoms. The van der Waals surface area contributed by atoms with E-state index >= 15 is 0 Å². The fraction of sp³-hybridized carbons (Fsp3) is 0.429. The van der Waals surface area contributed by atoms with Gasteiger partial charge < -0.3 is 5.73 Å². The summed E-state index contributed by atoms with van der Waals surface area (Å²) < 4.78 is 0. The largest absolute Gasteiger partial charge is 0.399 e. The maximum Gasteiger partial charge on any atom is 0.0314 e. The first-order chi connectivity index (χ1) is 7.74. The van der Waals surface area contributed by atoms with Crippen molar-refractivity contribution in [3.8, 4) is 0 Å². The number of likely N-dealkylation sites (tertiary alicyclic amines) is 1. The van der Waals surface area contributed by atoms with Crippen molar-refractivity contribution in [2.24, 2.45) is 5.92 Å². The molecule has 2 nitrogen and oxygen atoms in total. The minimum atomic E-state index is 0.441. The zero-order valence-corrected chi connectivity index (χ0v) is 9.52. The van der Waals surface area contributed by atoms with Gasteiger partial charge in [0.05, 0.1) is 0 Å². The van der Waals surface area contributed by atoms with Gasteiger partial charge in [-0.05, 0) is 30.0 Å². The zero-order valence-electron chi connectivity index (χ0n) is 9.52. The van der Waals surface area contributed by atoms with Crippen LogP contribution in [0.2, 0.25) is 0 Å². The third kappa shape index (κ3) is 1.37. The summed E-state index contributed by atoms with van der Waals surface area (Å²) >= 11 is 0. The Morgan fingerprint density at radius 3 is 2.88 bits per heavy atom. The molecule has 2 N–H and O–H groups in total. The summed E-state index contributed by atoms with van der Waals surface area (Å²) in [4.78, 5) is 2.50. The Labute approximate surface area is 96.7 Å². The fourth-order valence-electron chi connectivity index (χ4n) is 3.17. The monoisotopic (exact) mass is 214 g/mol. The number of nitrogen functional groups attached to an aromatic ring is 1. The summed E-state index contributed by atoms with van der Waals surface area (Å²) in [7, 11) is 0. The summed E-state index contributed by atoms with van der Waals surface area (Å²) in [6.45, 7) is 7.25. The average Bonchev–Trinajstić information content (AvgIpc) is 2.84. The van der Waals surface area contributed by atoms with E-state index in [0.717, 1.165) is 18.2 Å². The molecule has 0 radical (unpaired) electrons. The molecule has 2 heteroatoms. The normalized spacial score (nSPS) is 32.4. The maximum absolute atomic E-state index is 5.73. The molecule has 1 saturated carbocycles. The molecule has 84 valence electrons. The number of anilines is 1. The van der Waals surface area contributed by atoms with Crippen molar-refractivity contribution >= 4 is 5.69 Å². The van der Waals surface area contributed by atoms with E-state index in [0.29, 0.717) is 5.41 Å². The van der Waals surface area contributed by atoms with Gasteiger partial charge in [0.15, 0.2) is 0 Å². The fourth-order valence-corrected chi connectivity index (χ4v) is 3.17. The van der Waals surface area contributed by atoms with E-state index in [1.165, 1.54) is 25.1 Å². The summed E-state index contributed by atoms with van der Waals surface area (Å²) in [5.41, 5.74) is 8.50. The lowest BCUT2D eigenvalue weighted by molar-refractivity contribution is 0.330. The van der Waals surface area contributed by atoms with Crippen LogP contribution in [0.4, 0.5) is 5.69 Å². The second kappa shape index (κ2) is 3.36. The van der Waals surface area contributed by atoms with Gasteiger partial charge in [-0.25, -0.2) is 0 Å². The third-order valence-electron chi connectivity index (χ3n) is 4.09. The zero-order chi connectivity index (χ0) is 11.2. The van der Waals surface area contributed by atoms with E-state index in [1.807, 2.05) is 18.2 Å². The lowest BCUT2D eigenvalue weighted by Crippen LogP contribution is -2.26. The molecule has 2 atom stereocenters. The Bertz CT molecular complexity index is 409. The molecular weight excluding hydrogens is 196 g/mol. The first-order valence-corrected chi connectivity index (χ1v) is 5.94. The van der Waals surface area contributed by atoms with Crippen LogP contribution in [0, 0.1) is 5.92 Å². The lowest BCUT2D eigenvalue weighted by Gasteiger charge is -2.19. The van der Waals surface area contributed by atoms with E-state index < -0.39 is 0 Å². The first-order valence-electron chi connectivity index (χ1n) is 5.94. The van der Waals surface area contributed by atoms with Crippen LogP contribution in [0.5, 0.6) is 0 Å². The Morgan fingerprint density at radius 1 is 1.44 bits per heavy atom. The summed E-state index contributed by atoms with van der Waals surface area (Å²) in [6, 6.07) is 8.45. The van der Waals surface area contributed by atoms with Crippen molar-refractivity contribution in [3.05, 3.63) is 42.5 Å². The highest BCUT2D eigenvalue weighted by Gasteiger charge is 2.60. The Balaban J connectivity index is 1.81. The number of hydrogen-bond acceptors (Lipinski definition) is 2. The van der Waals surface area contributed by atoms with Crippen LogP contribution in [0.25, 0.3) is 0 Å². The van der Waals surface area contributed by atoms with Crippen molar-refractivity contribution < 1.29 is 0 Å². The molecule has 3 rings (SSSR count). The third-order valence-corrected chi connectivity index (χ3v) is 4.09. The van der Waals surface area contributed by atoms with Crippen LogP contribution in [0.1, 0.15) is 12.0 Å². The molecule has 2 aliphatic rings. The van der Waals surface area contributed by atoms with Crippen molar-refractivity contribution in [1.82, 2.24) is 4.90 Å². The van der Waals surface area contributed by atoms with Gasteiger partial charge in [-0.1, -0.05) is 18.2 Å². The predicted molar refractivity (Wildman–Crippen MR) is 67.3 cm³/mol. The molecule has 1 aliphatic carbocycles. The standard InChI is InChI=1S/C14H18N2/c1-2-7-16-9-12-8-14(12,10-16)11-3-5-13(15)6-4-11/h2-6,12H,1,7-10,15H2. The number of rotatable bonds is 3. The number of nitrogens with zero attached hydrogens (tertiary/aromatic N) is 1. The van der Waals surface area contributed by atoms with Gasteiger partial charge in [-0.2, -0.15) is 0 Å². The highest BCUT2D eigenvalue weighted by atomic mass is 15.2. The van der Waals surface area contributed by atoms with Gasteiger partial charge in [0.1, 0.15) is 0 Å². The van der Waals surface area contributed by atoms with E-state index in [9.17, 15) is 0 Å². The molecule has 1 saturated heterocycles. The molecule has 1 heterocycles. The molecule has 0 amide bonds. The van der Waals surface area contributed by atoms with E-state index in [2.05, 4.69) is 23.6 Å². The van der Waals surface area contributed by atoms with Gasteiger partial charge in [-0.15, -0.1) is 6.58 Å². The number of hydrogen-bond donors (Lipinski definition) is 1. The van der Waals surface area contributed by atoms with Gasteiger partial charge in [0.25, 0.3) is 0 Å². The van der Waals surface area contributed by atoms with Crippen LogP contribution in [-0.2, 0) is 5.41 Å². The summed E-state index contributed by atoms with van der Waals surface area (Å²) in [5, 5.41) is 0. The second-order valence-electron chi connectivity index (χ2n) is 5.16. The summed E-state index contributed by atoms with van der Waals surface area (Å²) in [5.74, 6) is 0.857. The highest BCUT2D eigenvalue weighted by molar-refractivity contribution is 5.45. The van der Waals surface area contributed by atoms with E-state index in [1.54, 1.807) is 0 Å². The van der Waals surface area contributed by atoms with Crippen molar-refractivity contribution in [3.63, 3.8) is 0 Å². The number of piperidine rings is 1. The SMILES string of the molecule is C=CCN1CC2CC2(c2ccc(N)cc2)C1. The predicted octanol–water partition coefficient (Wildman–Crippen LogP) is 2.03. The van der Waals surface area contributed by atoms with E-state index in [-0.39, 0.29) is 0 Å². The average molecular weight is 214 g/mol. The van der Waals surface area contributed by atoms with Crippen LogP contribution in [0.3, 0.4) is 0 Å². The maximum atomic E-state index is 5.73. The molecular formula is C14H18N2. The first kappa shape index (κ1) is 9.91. The molecule has 0 bridgehead atoms. The lowest BCUT2D eigenvalue weighted by atomic mass is 9.95. The highest BCUT2D eigenvalue weighted by Crippen LogP contribution is 2.58. The number of nitrogens with two attached hydrogens (primary N) is 1. The Morgan fingerprint density at radius 2 is 2.19 bits per heavy atom. The number of fused-ring (bicyclic) bond motifs is 1. The number of benzene rings is 1. The molecule has 2 unspecified atom stereocenters. The minimum Gasteiger partial charge on any atom is -0.399 e. The Kier molecular flexibility index (Phi) is 2.08. The molecule has 1 aromatic carbocycles. The van der Waals surface area contributed by atoms with Crippen molar-refractivity contribution in [1.29, 1.82) is 0 Å². The van der Waals surface area contributed by atoms with E-state index in [4.69, 9.17) is 5.73 Å². The molecule has 2 fully saturated rings. The quantitative estimate of drug-likeness (QED) is 0.616. The summed E-state index contributed by atoms with van der Waals surface area (Å²) in [6.07, 6.45) is 3.35. The van der Waals surface area contributed by atoms with Gasteiger partial charge in [0.2, 0.25) is 0 Å². The topological polar surface area (TPSA) is 29.3 Å². The second-order valence-corrected chi connectivity index (χ2v) is 5.16. The van der Waals surface area contributed by atoms with Gasteiger partial charge in [-0.3, -0.25) is 4.90 Å². The van der Waals surface area contributed by atoms with Crippen LogP contribution in [-0.4, -0.2) is 24.5 Å². The van der Waals surface area contributed by atoms with Gasteiger partial charge >= 0.3 is 0 Å².